The normalized spacial score (nSPS) is 15.7. The number of pyridine rings is 1. The number of anilines is 2. The number of aromatic nitrogens is 1. The number of benzene rings is 3. The fraction of sp³-hybridized carbons (Fsp3) is 0.120. The number of nitrogens with zero attached hydrogens (tertiary/aromatic N) is 2. The van der Waals surface area contributed by atoms with Crippen LogP contribution in [-0.4, -0.2) is 28.2 Å². The summed E-state index contributed by atoms with van der Waals surface area (Å²) in [5.74, 6) is -1.22. The summed E-state index contributed by atoms with van der Waals surface area (Å²) in [6.45, 7) is 3.05. The van der Waals surface area contributed by atoms with Gasteiger partial charge in [-0.1, -0.05) is 30.3 Å². The Morgan fingerprint density at radius 2 is 1.97 bits per heavy atom. The van der Waals surface area contributed by atoms with Crippen molar-refractivity contribution in [1.29, 1.82) is 0 Å². The van der Waals surface area contributed by atoms with Gasteiger partial charge in [0.15, 0.2) is 11.2 Å². The molecule has 1 aliphatic heterocycles. The van der Waals surface area contributed by atoms with Gasteiger partial charge in [0.1, 0.15) is 5.82 Å². The molecule has 2 N–H and O–H groups in total. The molecule has 5 rings (SSSR count). The lowest BCUT2D eigenvalue weighted by Crippen LogP contribution is -2.23. The zero-order chi connectivity index (χ0) is 22.9. The molecule has 0 saturated carbocycles. The Kier molecular flexibility index (Phi) is 5.62. The van der Waals surface area contributed by atoms with Crippen LogP contribution in [0.3, 0.4) is 0 Å². The van der Waals surface area contributed by atoms with Gasteiger partial charge < -0.3 is 5.32 Å². The number of halogens is 1. The van der Waals surface area contributed by atoms with Crippen molar-refractivity contribution in [2.24, 2.45) is 0 Å². The molecule has 1 amide bonds. The second-order valence-electron chi connectivity index (χ2n) is 7.77. The highest BCUT2D eigenvalue weighted by Crippen LogP contribution is 2.31. The van der Waals surface area contributed by atoms with Crippen LogP contribution in [0.25, 0.3) is 22.0 Å². The van der Waals surface area contributed by atoms with Gasteiger partial charge in [0.05, 0.1) is 16.9 Å². The van der Waals surface area contributed by atoms with Crippen molar-refractivity contribution in [1.82, 2.24) is 9.71 Å². The van der Waals surface area contributed by atoms with E-state index in [2.05, 4.69) is 15.0 Å². The average Bonchev–Trinajstić information content (AvgIpc) is 3.25. The first-order valence-corrected chi connectivity index (χ1v) is 11.6. The number of carbonyl (C=O) groups excluding carboxylic acids is 1. The molecule has 33 heavy (non-hydrogen) atoms. The van der Waals surface area contributed by atoms with E-state index in [1.54, 1.807) is 22.6 Å². The van der Waals surface area contributed by atoms with Crippen molar-refractivity contribution in [3.05, 3.63) is 89.9 Å². The van der Waals surface area contributed by atoms with Crippen LogP contribution in [-0.2, 0) is 11.2 Å². The molecule has 8 heteroatoms. The number of hydrogen-bond donors (Lipinski definition) is 2. The fourth-order valence-corrected chi connectivity index (χ4v) is 4.93. The molecule has 1 atom stereocenters. The van der Waals surface area contributed by atoms with Crippen LogP contribution in [0.2, 0.25) is 0 Å². The van der Waals surface area contributed by atoms with Gasteiger partial charge in [-0.2, -0.15) is 0 Å². The maximum atomic E-state index is 14.7. The number of aryl methyl sites for hydroxylation is 1. The molecule has 3 aromatic carbocycles. The molecular formula is C25H21FN4O2S. The standard InChI is InChI=1S/C25H21FN4O2S/c1-16-6-7-18(14-22(16)24-20-5-3-2-4-17(20)10-11-27-24)29-25(31)21-9-8-19(15-23(21)26)30-13-12-28-33(30)32/h2-11,14-15,28H,12-13H2,1H3,(H,29,31). The van der Waals surface area contributed by atoms with E-state index >= 15 is 0 Å². The quantitative estimate of drug-likeness (QED) is 0.468. The molecule has 2 heterocycles. The van der Waals surface area contributed by atoms with Crippen LogP contribution in [0.5, 0.6) is 0 Å². The lowest BCUT2D eigenvalue weighted by atomic mass is 9.99. The first-order valence-electron chi connectivity index (χ1n) is 10.5. The largest absolute Gasteiger partial charge is 0.322 e. The second-order valence-corrected chi connectivity index (χ2v) is 9.00. The number of fused-ring (bicyclic) bond motifs is 1. The topological polar surface area (TPSA) is 74.3 Å². The molecule has 0 radical (unpaired) electrons. The number of nitrogens with one attached hydrogen (secondary N) is 2. The van der Waals surface area contributed by atoms with E-state index in [0.29, 0.717) is 24.5 Å². The van der Waals surface area contributed by atoms with Crippen LogP contribution < -0.4 is 14.3 Å². The zero-order valence-corrected chi connectivity index (χ0v) is 18.7. The van der Waals surface area contributed by atoms with Crippen molar-refractivity contribution in [3.63, 3.8) is 0 Å². The van der Waals surface area contributed by atoms with Gasteiger partial charge in [0, 0.05) is 35.9 Å². The van der Waals surface area contributed by atoms with Gasteiger partial charge >= 0.3 is 0 Å². The van der Waals surface area contributed by atoms with E-state index < -0.39 is 22.9 Å². The van der Waals surface area contributed by atoms with Gasteiger partial charge in [0.25, 0.3) is 5.91 Å². The zero-order valence-electron chi connectivity index (χ0n) is 17.8. The Morgan fingerprint density at radius 3 is 2.76 bits per heavy atom. The van der Waals surface area contributed by atoms with Crippen molar-refractivity contribution >= 4 is 39.2 Å². The summed E-state index contributed by atoms with van der Waals surface area (Å²) in [5, 5.41) is 4.88. The number of amides is 1. The minimum Gasteiger partial charge on any atom is -0.322 e. The number of hydrogen-bond acceptors (Lipinski definition) is 3. The summed E-state index contributed by atoms with van der Waals surface area (Å²) in [6.07, 6.45) is 1.77. The Labute approximate surface area is 193 Å². The molecule has 1 fully saturated rings. The summed E-state index contributed by atoms with van der Waals surface area (Å²) in [4.78, 5) is 17.4. The van der Waals surface area contributed by atoms with E-state index in [-0.39, 0.29) is 5.56 Å². The minimum absolute atomic E-state index is 0.0814. The molecule has 4 aromatic rings. The van der Waals surface area contributed by atoms with E-state index in [1.165, 1.54) is 12.1 Å². The van der Waals surface area contributed by atoms with Crippen LogP contribution in [0.1, 0.15) is 15.9 Å². The Morgan fingerprint density at radius 1 is 1.12 bits per heavy atom. The van der Waals surface area contributed by atoms with Gasteiger partial charge in [-0.3, -0.25) is 14.1 Å². The van der Waals surface area contributed by atoms with Crippen LogP contribution in [0, 0.1) is 12.7 Å². The average molecular weight is 461 g/mol. The molecule has 1 aliphatic rings. The molecule has 1 saturated heterocycles. The lowest BCUT2D eigenvalue weighted by molar-refractivity contribution is 0.102. The van der Waals surface area contributed by atoms with Gasteiger partial charge in [0.2, 0.25) is 0 Å². The SMILES string of the molecule is Cc1ccc(NC(=O)c2ccc(N3CCNS3=O)cc2F)cc1-c1nccc2ccccc12. The third-order valence-electron chi connectivity index (χ3n) is 5.65. The number of carbonyl (C=O) groups is 1. The number of rotatable bonds is 4. The Balaban J connectivity index is 1.43. The molecule has 166 valence electrons. The minimum atomic E-state index is -1.39. The van der Waals surface area contributed by atoms with Crippen LogP contribution in [0.15, 0.2) is 72.9 Å². The predicted octanol–water partition coefficient (Wildman–Crippen LogP) is 4.59. The third kappa shape index (κ3) is 4.10. The van der Waals surface area contributed by atoms with Gasteiger partial charge in [-0.05, 0) is 54.3 Å². The maximum absolute atomic E-state index is 14.7. The molecule has 0 aliphatic carbocycles. The molecule has 0 spiro atoms. The second kappa shape index (κ2) is 8.73. The molecular weight excluding hydrogens is 439 g/mol. The molecule has 1 aromatic heterocycles. The van der Waals surface area contributed by atoms with E-state index in [9.17, 15) is 13.4 Å². The van der Waals surface area contributed by atoms with Gasteiger partial charge in [-0.15, -0.1) is 0 Å². The Bertz CT molecular complexity index is 1400. The van der Waals surface area contributed by atoms with Crippen molar-refractivity contribution in [2.45, 2.75) is 6.92 Å². The highest BCUT2D eigenvalue weighted by Gasteiger charge is 2.22. The van der Waals surface area contributed by atoms with Gasteiger partial charge in [-0.25, -0.2) is 13.3 Å². The smallest absolute Gasteiger partial charge is 0.258 e. The molecule has 0 bridgehead atoms. The van der Waals surface area contributed by atoms with E-state index in [0.717, 1.165) is 27.6 Å². The van der Waals surface area contributed by atoms with Crippen molar-refractivity contribution in [2.75, 3.05) is 22.7 Å². The molecule has 1 unspecified atom stereocenters. The molecule has 6 nitrogen and oxygen atoms in total. The van der Waals surface area contributed by atoms with Crippen LogP contribution >= 0.6 is 0 Å². The first kappa shape index (κ1) is 21.2. The first-order chi connectivity index (χ1) is 16.0. The highest BCUT2D eigenvalue weighted by molar-refractivity contribution is 7.84. The van der Waals surface area contributed by atoms with E-state index in [4.69, 9.17) is 0 Å². The maximum Gasteiger partial charge on any atom is 0.258 e. The predicted molar refractivity (Wildman–Crippen MR) is 130 cm³/mol. The summed E-state index contributed by atoms with van der Waals surface area (Å²) in [6, 6.07) is 19.7. The lowest BCUT2D eigenvalue weighted by Gasteiger charge is -2.16. The fourth-order valence-electron chi connectivity index (χ4n) is 3.95. The van der Waals surface area contributed by atoms with Crippen LogP contribution in [0.4, 0.5) is 15.8 Å². The summed E-state index contributed by atoms with van der Waals surface area (Å²) >= 11 is -1.39. The monoisotopic (exact) mass is 460 g/mol. The Hall–Kier alpha value is -3.62. The summed E-state index contributed by atoms with van der Waals surface area (Å²) in [7, 11) is 0. The summed E-state index contributed by atoms with van der Waals surface area (Å²) < 4.78 is 31.0. The van der Waals surface area contributed by atoms with Crippen molar-refractivity contribution in [3.8, 4) is 11.3 Å². The highest BCUT2D eigenvalue weighted by atomic mass is 32.2. The van der Waals surface area contributed by atoms with E-state index in [1.807, 2.05) is 49.4 Å². The van der Waals surface area contributed by atoms with Crippen molar-refractivity contribution < 1.29 is 13.4 Å². The third-order valence-corrected chi connectivity index (χ3v) is 6.89. The summed E-state index contributed by atoms with van der Waals surface area (Å²) in [5.41, 5.74) is 3.66.